The van der Waals surface area contributed by atoms with Gasteiger partial charge in [-0.25, -0.2) is 0 Å². The van der Waals surface area contributed by atoms with E-state index in [0.29, 0.717) is 13.2 Å². The van der Waals surface area contributed by atoms with Crippen molar-refractivity contribution in [2.24, 2.45) is 5.92 Å². The van der Waals surface area contributed by atoms with Crippen molar-refractivity contribution in [3.8, 4) is 0 Å². The van der Waals surface area contributed by atoms with Crippen LogP contribution < -0.4 is 5.32 Å². The fourth-order valence-corrected chi connectivity index (χ4v) is 3.77. The van der Waals surface area contributed by atoms with Crippen molar-refractivity contribution in [3.63, 3.8) is 0 Å². The molecule has 1 aliphatic heterocycles. The number of benzene rings is 1. The van der Waals surface area contributed by atoms with Crippen LogP contribution in [0.4, 0.5) is 0 Å². The van der Waals surface area contributed by atoms with Crippen LogP contribution in [0, 0.1) is 12.8 Å². The van der Waals surface area contributed by atoms with Crippen LogP contribution in [0.25, 0.3) is 10.9 Å². The number of aromatic nitrogens is 2. The van der Waals surface area contributed by atoms with Crippen LogP contribution in [-0.2, 0) is 11.4 Å². The van der Waals surface area contributed by atoms with Gasteiger partial charge >= 0.3 is 0 Å². The molecule has 146 valence electrons. The number of nitrogens with one attached hydrogen (secondary N) is 1. The number of hydrogen-bond acceptors (Lipinski definition) is 4. The minimum absolute atomic E-state index is 0.0341. The number of fused-ring (bicyclic) bond motifs is 1. The zero-order valence-electron chi connectivity index (χ0n) is 16.2. The van der Waals surface area contributed by atoms with Gasteiger partial charge in [0.25, 0.3) is 5.91 Å². The van der Waals surface area contributed by atoms with E-state index in [0.717, 1.165) is 54.3 Å². The van der Waals surface area contributed by atoms with Gasteiger partial charge in [-0.3, -0.25) is 14.4 Å². The molecular formula is C21H30N4O2. The fourth-order valence-electron chi connectivity index (χ4n) is 3.77. The summed E-state index contributed by atoms with van der Waals surface area (Å²) in [5, 5.41) is 8.73. The number of hydrogen-bond donors (Lipinski definition) is 1. The predicted molar refractivity (Wildman–Crippen MR) is 106 cm³/mol. The van der Waals surface area contributed by atoms with Crippen molar-refractivity contribution in [2.75, 3.05) is 32.8 Å². The smallest absolute Gasteiger partial charge is 0.251 e. The third kappa shape index (κ3) is 4.68. The SMILES string of the molecule is Cc1c(C(=O)NCCOCC2CC2)ccc2nn(CN3CCCCC3)cc12. The van der Waals surface area contributed by atoms with Crippen molar-refractivity contribution in [1.82, 2.24) is 20.0 Å². The van der Waals surface area contributed by atoms with E-state index in [9.17, 15) is 4.79 Å². The van der Waals surface area contributed by atoms with E-state index in [1.807, 2.05) is 23.7 Å². The molecule has 6 heteroatoms. The standard InChI is InChI=1S/C21H30N4O2/c1-16-18(21(26)22-9-12-27-14-17-5-6-17)7-8-20-19(16)13-25(23-20)15-24-10-3-2-4-11-24/h7-8,13,17H,2-6,9-12,14-15H2,1H3,(H,22,26). The van der Waals surface area contributed by atoms with Gasteiger partial charge in [0.1, 0.15) is 0 Å². The average Bonchev–Trinajstić information content (AvgIpc) is 3.40. The number of rotatable bonds is 8. The van der Waals surface area contributed by atoms with E-state index in [1.165, 1.54) is 32.1 Å². The van der Waals surface area contributed by atoms with Crippen LogP contribution >= 0.6 is 0 Å². The molecule has 0 atom stereocenters. The molecule has 0 unspecified atom stereocenters. The van der Waals surface area contributed by atoms with Gasteiger partial charge in [-0.15, -0.1) is 0 Å². The molecule has 1 aromatic carbocycles. The molecule has 0 radical (unpaired) electrons. The Labute approximate surface area is 160 Å². The zero-order chi connectivity index (χ0) is 18.6. The van der Waals surface area contributed by atoms with Gasteiger partial charge in [0.2, 0.25) is 0 Å². The Morgan fingerprint density at radius 1 is 1.26 bits per heavy atom. The third-order valence-corrected chi connectivity index (χ3v) is 5.63. The highest BCUT2D eigenvalue weighted by molar-refractivity contribution is 6.00. The van der Waals surface area contributed by atoms with E-state index >= 15 is 0 Å². The molecule has 2 fully saturated rings. The van der Waals surface area contributed by atoms with Crippen LogP contribution in [0.3, 0.4) is 0 Å². The molecule has 1 saturated carbocycles. The van der Waals surface area contributed by atoms with Crippen LogP contribution in [0.1, 0.15) is 48.0 Å². The maximum Gasteiger partial charge on any atom is 0.251 e. The third-order valence-electron chi connectivity index (χ3n) is 5.63. The number of carbonyl (C=O) groups is 1. The Bertz CT molecular complexity index is 791. The van der Waals surface area contributed by atoms with E-state index in [4.69, 9.17) is 9.84 Å². The summed E-state index contributed by atoms with van der Waals surface area (Å²) >= 11 is 0. The predicted octanol–water partition coefficient (Wildman–Crippen LogP) is 2.94. The molecule has 1 aromatic heterocycles. The minimum atomic E-state index is -0.0341. The number of amides is 1. The molecule has 4 rings (SSSR count). The lowest BCUT2D eigenvalue weighted by Crippen LogP contribution is -2.31. The van der Waals surface area contributed by atoms with Crippen molar-refractivity contribution in [2.45, 2.75) is 45.7 Å². The van der Waals surface area contributed by atoms with E-state index in [2.05, 4.69) is 16.4 Å². The average molecular weight is 370 g/mol. The summed E-state index contributed by atoms with van der Waals surface area (Å²) in [6.07, 6.45) is 8.53. The first-order valence-corrected chi connectivity index (χ1v) is 10.3. The van der Waals surface area contributed by atoms with E-state index in [-0.39, 0.29) is 5.91 Å². The summed E-state index contributed by atoms with van der Waals surface area (Å²) in [4.78, 5) is 15.0. The number of carbonyl (C=O) groups excluding carboxylic acids is 1. The number of ether oxygens (including phenoxy) is 1. The lowest BCUT2D eigenvalue weighted by atomic mass is 10.0. The highest BCUT2D eigenvalue weighted by Gasteiger charge is 2.21. The lowest BCUT2D eigenvalue weighted by Gasteiger charge is -2.25. The Morgan fingerprint density at radius 2 is 2.07 bits per heavy atom. The summed E-state index contributed by atoms with van der Waals surface area (Å²) in [6.45, 7) is 7.09. The second-order valence-corrected chi connectivity index (χ2v) is 7.93. The molecule has 6 nitrogen and oxygen atoms in total. The van der Waals surface area contributed by atoms with Gasteiger partial charge in [-0.1, -0.05) is 6.42 Å². The van der Waals surface area contributed by atoms with Gasteiger partial charge in [-0.2, -0.15) is 5.10 Å². The Kier molecular flexibility index (Phi) is 5.74. The molecule has 2 heterocycles. The molecule has 2 aliphatic rings. The van der Waals surface area contributed by atoms with E-state index in [1.54, 1.807) is 0 Å². The Hall–Kier alpha value is -1.92. The molecule has 1 aliphatic carbocycles. The maximum absolute atomic E-state index is 12.5. The lowest BCUT2D eigenvalue weighted by molar-refractivity contribution is 0.0906. The summed E-state index contributed by atoms with van der Waals surface area (Å²) in [7, 11) is 0. The summed E-state index contributed by atoms with van der Waals surface area (Å²) in [5.41, 5.74) is 2.67. The van der Waals surface area contributed by atoms with Gasteiger partial charge in [0, 0.05) is 30.3 Å². The van der Waals surface area contributed by atoms with Crippen LogP contribution in [0.2, 0.25) is 0 Å². The number of piperidine rings is 1. The topological polar surface area (TPSA) is 59.4 Å². The largest absolute Gasteiger partial charge is 0.379 e. The van der Waals surface area contributed by atoms with Crippen LogP contribution in [-0.4, -0.2) is 53.4 Å². The van der Waals surface area contributed by atoms with Crippen molar-refractivity contribution >= 4 is 16.8 Å². The first kappa shape index (κ1) is 18.4. The summed E-state index contributed by atoms with van der Waals surface area (Å²) < 4.78 is 7.60. The number of likely N-dealkylation sites (tertiary alicyclic amines) is 1. The van der Waals surface area contributed by atoms with Crippen molar-refractivity contribution in [3.05, 3.63) is 29.5 Å². The molecule has 1 N–H and O–H groups in total. The quantitative estimate of drug-likeness (QED) is 0.726. The maximum atomic E-state index is 12.5. The Morgan fingerprint density at radius 3 is 2.85 bits per heavy atom. The molecular weight excluding hydrogens is 340 g/mol. The summed E-state index contributed by atoms with van der Waals surface area (Å²) in [5.74, 6) is 0.722. The minimum Gasteiger partial charge on any atom is -0.379 e. The first-order chi connectivity index (χ1) is 13.2. The molecule has 27 heavy (non-hydrogen) atoms. The number of aryl methyl sites for hydroxylation is 1. The summed E-state index contributed by atoms with van der Waals surface area (Å²) in [6, 6.07) is 3.84. The van der Waals surface area contributed by atoms with Gasteiger partial charge in [-0.05, 0) is 69.3 Å². The molecule has 0 spiro atoms. The van der Waals surface area contributed by atoms with E-state index < -0.39 is 0 Å². The van der Waals surface area contributed by atoms with Crippen molar-refractivity contribution in [1.29, 1.82) is 0 Å². The van der Waals surface area contributed by atoms with Gasteiger partial charge in [0.15, 0.2) is 0 Å². The second kappa shape index (κ2) is 8.40. The normalized spacial score (nSPS) is 18.1. The van der Waals surface area contributed by atoms with Crippen LogP contribution in [0.5, 0.6) is 0 Å². The van der Waals surface area contributed by atoms with Gasteiger partial charge in [0.05, 0.1) is 18.8 Å². The first-order valence-electron chi connectivity index (χ1n) is 10.3. The zero-order valence-corrected chi connectivity index (χ0v) is 16.2. The molecule has 1 amide bonds. The highest BCUT2D eigenvalue weighted by atomic mass is 16.5. The highest BCUT2D eigenvalue weighted by Crippen LogP contribution is 2.28. The second-order valence-electron chi connectivity index (χ2n) is 7.93. The Balaban J connectivity index is 1.37. The monoisotopic (exact) mass is 370 g/mol. The number of nitrogens with zero attached hydrogens (tertiary/aromatic N) is 3. The van der Waals surface area contributed by atoms with Gasteiger partial charge < -0.3 is 10.1 Å². The van der Waals surface area contributed by atoms with Crippen molar-refractivity contribution < 1.29 is 9.53 Å². The molecule has 2 aromatic rings. The fraction of sp³-hybridized carbons (Fsp3) is 0.619. The molecule has 1 saturated heterocycles. The van der Waals surface area contributed by atoms with Crippen LogP contribution in [0.15, 0.2) is 18.3 Å². The molecule has 0 bridgehead atoms.